The predicted octanol–water partition coefficient (Wildman–Crippen LogP) is 1.67. The van der Waals surface area contributed by atoms with Gasteiger partial charge in [-0.15, -0.1) is 0 Å². The maximum absolute atomic E-state index is 13.2. The van der Waals surface area contributed by atoms with Crippen LogP contribution in [0, 0.1) is 5.82 Å². The first-order chi connectivity index (χ1) is 14.5. The van der Waals surface area contributed by atoms with Crippen molar-refractivity contribution in [2.45, 2.75) is 22.2 Å². The molecule has 1 heterocycles. The van der Waals surface area contributed by atoms with Gasteiger partial charge < -0.3 is 15.0 Å². The number of nitrogens with one attached hydrogen (secondary N) is 1. The predicted molar refractivity (Wildman–Crippen MR) is 117 cm³/mol. The third-order valence-electron chi connectivity index (χ3n) is 5.54. The second-order valence-corrected chi connectivity index (χ2v) is 12.2. The molecule has 0 spiro atoms. The van der Waals surface area contributed by atoms with E-state index in [0.29, 0.717) is 6.54 Å². The van der Waals surface area contributed by atoms with E-state index in [1.54, 1.807) is 7.11 Å². The smallest absolute Gasteiger partial charge is 0.183 e. The summed E-state index contributed by atoms with van der Waals surface area (Å²) in [6.45, 7) is 0.356. The van der Waals surface area contributed by atoms with Gasteiger partial charge >= 0.3 is 0 Å². The molecule has 170 valence electrons. The van der Waals surface area contributed by atoms with Crippen molar-refractivity contribution in [1.82, 2.24) is 10.2 Å². The molecule has 1 N–H and O–H groups in total. The largest absolute Gasteiger partial charge is 0.497 e. The van der Waals surface area contributed by atoms with Gasteiger partial charge in [0.05, 0.1) is 28.8 Å². The number of ether oxygens (including phenoxy) is 1. The van der Waals surface area contributed by atoms with E-state index in [1.807, 2.05) is 43.3 Å². The highest BCUT2D eigenvalue weighted by Crippen LogP contribution is 2.27. The maximum Gasteiger partial charge on any atom is 0.183 e. The zero-order valence-corrected chi connectivity index (χ0v) is 19.3. The first-order valence-electron chi connectivity index (χ1n) is 9.77. The molecule has 2 aromatic rings. The van der Waals surface area contributed by atoms with Crippen LogP contribution < -0.4 is 10.1 Å². The summed E-state index contributed by atoms with van der Waals surface area (Å²) in [4.78, 5) is 1.89. The van der Waals surface area contributed by atoms with Crippen LogP contribution in [0.25, 0.3) is 0 Å². The Kier molecular flexibility index (Phi) is 7.04. The Bertz CT molecular complexity index is 1100. The number of halogens is 1. The molecule has 3 atom stereocenters. The van der Waals surface area contributed by atoms with Gasteiger partial charge in [-0.2, -0.15) is 0 Å². The quantitative estimate of drug-likeness (QED) is 0.587. The third kappa shape index (κ3) is 5.43. The van der Waals surface area contributed by atoms with E-state index in [9.17, 15) is 21.2 Å². The highest BCUT2D eigenvalue weighted by molar-refractivity contribution is 7.96. The molecular formula is C21H27FN2O5S2. The van der Waals surface area contributed by atoms with E-state index in [-0.39, 0.29) is 16.7 Å². The molecular weight excluding hydrogens is 443 g/mol. The summed E-state index contributed by atoms with van der Waals surface area (Å²) < 4.78 is 69.3. The van der Waals surface area contributed by atoms with Crippen LogP contribution in [0.4, 0.5) is 4.39 Å². The minimum atomic E-state index is -3.96. The molecule has 0 aromatic heterocycles. The second kappa shape index (κ2) is 9.23. The van der Waals surface area contributed by atoms with Crippen molar-refractivity contribution >= 4 is 19.7 Å². The van der Waals surface area contributed by atoms with Crippen LogP contribution in [0.15, 0.2) is 53.4 Å². The van der Waals surface area contributed by atoms with E-state index < -0.39 is 42.5 Å². The minimum Gasteiger partial charge on any atom is -0.497 e. The fraction of sp³-hybridized carbons (Fsp3) is 0.429. The molecule has 0 aliphatic carbocycles. The Hall–Kier alpha value is -2.01. The Balaban J connectivity index is 1.82. The monoisotopic (exact) mass is 470 g/mol. The number of hydrogen-bond acceptors (Lipinski definition) is 7. The Morgan fingerprint density at radius 1 is 1.10 bits per heavy atom. The standard InChI is InChI=1S/C21H27FN2O5S2/c1-24(2)20(15-4-8-17(29-3)9-5-15)12-23-19-13-30(25,26)14-21(19)31(27,28)18-10-6-16(22)7-11-18/h4-11,19-21,23H,12-14H2,1-3H3/t19-,20?,21-/m0/s1. The van der Waals surface area contributed by atoms with Crippen molar-refractivity contribution in [3.05, 3.63) is 59.9 Å². The van der Waals surface area contributed by atoms with E-state index in [2.05, 4.69) is 5.32 Å². The molecule has 0 radical (unpaired) electrons. The summed E-state index contributed by atoms with van der Waals surface area (Å²) in [6, 6.07) is 11.1. The van der Waals surface area contributed by atoms with Crippen LogP contribution in [0.2, 0.25) is 0 Å². The fourth-order valence-corrected chi connectivity index (χ4v) is 8.51. The van der Waals surface area contributed by atoms with Crippen molar-refractivity contribution in [2.75, 3.05) is 39.3 Å². The number of rotatable bonds is 8. The second-order valence-electron chi connectivity index (χ2n) is 7.88. The van der Waals surface area contributed by atoms with E-state index in [1.165, 1.54) is 12.1 Å². The average Bonchev–Trinajstić information content (AvgIpc) is 3.04. The summed E-state index contributed by atoms with van der Waals surface area (Å²) in [6.07, 6.45) is 0. The summed E-state index contributed by atoms with van der Waals surface area (Å²) >= 11 is 0. The molecule has 1 unspecified atom stereocenters. The van der Waals surface area contributed by atoms with E-state index >= 15 is 0 Å². The lowest BCUT2D eigenvalue weighted by atomic mass is 10.1. The van der Waals surface area contributed by atoms with Gasteiger partial charge in [0.15, 0.2) is 19.7 Å². The number of nitrogens with zero attached hydrogens (tertiary/aromatic N) is 1. The van der Waals surface area contributed by atoms with Crippen molar-refractivity contribution in [3.8, 4) is 5.75 Å². The third-order valence-corrected chi connectivity index (χ3v) is 9.71. The maximum atomic E-state index is 13.2. The van der Waals surface area contributed by atoms with Crippen LogP contribution >= 0.6 is 0 Å². The molecule has 10 heteroatoms. The topological polar surface area (TPSA) is 92.8 Å². The van der Waals surface area contributed by atoms with Crippen LogP contribution in [-0.4, -0.2) is 72.3 Å². The van der Waals surface area contributed by atoms with E-state index in [4.69, 9.17) is 4.74 Å². The SMILES string of the molecule is COc1ccc(C(CN[C@H]2CS(=O)(=O)C[C@@H]2S(=O)(=O)c2ccc(F)cc2)N(C)C)cc1. The lowest BCUT2D eigenvalue weighted by Gasteiger charge is -2.28. The van der Waals surface area contributed by atoms with Crippen LogP contribution in [-0.2, 0) is 19.7 Å². The van der Waals surface area contributed by atoms with Gasteiger partial charge in [-0.25, -0.2) is 21.2 Å². The number of methoxy groups -OCH3 is 1. The number of benzene rings is 2. The lowest BCUT2D eigenvalue weighted by molar-refractivity contribution is 0.281. The first kappa shape index (κ1) is 23.6. The average molecular weight is 471 g/mol. The van der Waals surface area contributed by atoms with Crippen molar-refractivity contribution in [3.63, 3.8) is 0 Å². The van der Waals surface area contributed by atoms with Crippen molar-refractivity contribution < 1.29 is 26.0 Å². The number of likely N-dealkylation sites (N-methyl/N-ethyl adjacent to an activating group) is 1. The summed E-state index contributed by atoms with van der Waals surface area (Å²) in [5.74, 6) is -0.553. The minimum absolute atomic E-state index is 0.0814. The van der Waals surface area contributed by atoms with Gasteiger partial charge in [0.2, 0.25) is 0 Å². The normalized spacial score (nSPS) is 21.8. The summed E-state index contributed by atoms with van der Waals surface area (Å²) in [7, 11) is -2.11. The Labute approximate surface area is 183 Å². The molecule has 1 fully saturated rings. The Morgan fingerprint density at radius 2 is 1.71 bits per heavy atom. The molecule has 0 amide bonds. The van der Waals surface area contributed by atoms with Gasteiger partial charge in [0.25, 0.3) is 0 Å². The van der Waals surface area contributed by atoms with Crippen molar-refractivity contribution in [2.24, 2.45) is 0 Å². The van der Waals surface area contributed by atoms with Gasteiger partial charge in [0.1, 0.15) is 11.6 Å². The van der Waals surface area contributed by atoms with Crippen LogP contribution in [0.3, 0.4) is 0 Å². The molecule has 0 saturated carbocycles. The highest BCUT2D eigenvalue weighted by atomic mass is 32.2. The molecule has 31 heavy (non-hydrogen) atoms. The highest BCUT2D eigenvalue weighted by Gasteiger charge is 2.45. The molecule has 1 aliphatic rings. The van der Waals surface area contributed by atoms with Gasteiger partial charge in [-0.1, -0.05) is 12.1 Å². The van der Waals surface area contributed by atoms with Crippen LogP contribution in [0.1, 0.15) is 11.6 Å². The fourth-order valence-electron chi connectivity index (χ4n) is 3.80. The molecule has 2 aromatic carbocycles. The van der Waals surface area contributed by atoms with Crippen molar-refractivity contribution in [1.29, 1.82) is 0 Å². The number of hydrogen-bond donors (Lipinski definition) is 1. The zero-order chi connectivity index (χ0) is 22.8. The van der Waals surface area contributed by atoms with Gasteiger partial charge in [-0.05, 0) is 56.1 Å². The summed E-state index contributed by atoms with van der Waals surface area (Å²) in [5, 5.41) is 2.04. The van der Waals surface area contributed by atoms with Gasteiger partial charge in [-0.3, -0.25) is 0 Å². The molecule has 7 nitrogen and oxygen atoms in total. The molecule has 1 aliphatic heterocycles. The lowest BCUT2D eigenvalue weighted by Crippen LogP contribution is -2.46. The van der Waals surface area contributed by atoms with E-state index in [0.717, 1.165) is 23.4 Å². The molecule has 3 rings (SSSR count). The van der Waals surface area contributed by atoms with Gasteiger partial charge in [0, 0.05) is 18.6 Å². The molecule has 0 bridgehead atoms. The summed E-state index contributed by atoms with van der Waals surface area (Å²) in [5.41, 5.74) is 0.983. The van der Waals surface area contributed by atoms with Crippen LogP contribution in [0.5, 0.6) is 5.75 Å². The first-order valence-corrected chi connectivity index (χ1v) is 13.1. The molecule has 1 saturated heterocycles. The number of sulfone groups is 2. The zero-order valence-electron chi connectivity index (χ0n) is 17.7. The Morgan fingerprint density at radius 3 is 2.26 bits per heavy atom.